The van der Waals surface area contributed by atoms with Gasteiger partial charge in [-0.3, -0.25) is 0 Å². The van der Waals surface area contributed by atoms with Gasteiger partial charge in [0.25, 0.3) is 0 Å². The van der Waals surface area contributed by atoms with E-state index in [2.05, 4.69) is 5.32 Å². The van der Waals surface area contributed by atoms with Gasteiger partial charge in [-0.25, -0.2) is 8.42 Å². The molecule has 0 spiro atoms. The van der Waals surface area contributed by atoms with Crippen LogP contribution in [0.3, 0.4) is 0 Å². The molecule has 0 fully saturated rings. The van der Waals surface area contributed by atoms with Crippen LogP contribution in [0.1, 0.15) is 20.8 Å². The zero-order valence-corrected chi connectivity index (χ0v) is 11.9. The molecule has 1 atom stereocenters. The van der Waals surface area contributed by atoms with Gasteiger partial charge in [-0.1, -0.05) is 0 Å². The van der Waals surface area contributed by atoms with Crippen LogP contribution in [0.4, 0.5) is 11.4 Å². The molecular formula is C12H20N2O3S. The largest absolute Gasteiger partial charge is 0.397 e. The predicted molar refractivity (Wildman–Crippen MR) is 73.3 cm³/mol. The lowest BCUT2D eigenvalue weighted by atomic mass is 9.98. The average Bonchev–Trinajstić information content (AvgIpc) is 2.19. The molecule has 0 aliphatic rings. The third-order valence-electron chi connectivity index (χ3n) is 2.95. The molecular weight excluding hydrogens is 252 g/mol. The van der Waals surface area contributed by atoms with Crippen molar-refractivity contribution < 1.29 is 13.5 Å². The van der Waals surface area contributed by atoms with E-state index in [1.54, 1.807) is 13.0 Å². The van der Waals surface area contributed by atoms with Crippen LogP contribution in [-0.4, -0.2) is 31.4 Å². The van der Waals surface area contributed by atoms with Gasteiger partial charge < -0.3 is 16.2 Å². The van der Waals surface area contributed by atoms with Gasteiger partial charge in [0.2, 0.25) is 0 Å². The third kappa shape index (κ3) is 3.36. The maximum atomic E-state index is 11.4. The summed E-state index contributed by atoms with van der Waals surface area (Å²) in [5.41, 5.74) is 6.21. The molecule has 0 aromatic heterocycles. The highest BCUT2D eigenvalue weighted by molar-refractivity contribution is 7.90. The fourth-order valence-electron chi connectivity index (χ4n) is 1.34. The summed E-state index contributed by atoms with van der Waals surface area (Å²) >= 11 is 0. The molecule has 0 saturated carbocycles. The Bertz CT molecular complexity index is 536. The molecule has 0 radical (unpaired) electrons. The van der Waals surface area contributed by atoms with Crippen molar-refractivity contribution in [2.24, 2.45) is 0 Å². The fraction of sp³-hybridized carbons (Fsp3) is 0.500. The van der Waals surface area contributed by atoms with E-state index < -0.39 is 21.5 Å². The molecule has 1 aromatic rings. The molecule has 0 heterocycles. The molecule has 1 unspecified atom stereocenters. The quantitative estimate of drug-likeness (QED) is 0.717. The van der Waals surface area contributed by atoms with E-state index in [4.69, 9.17) is 5.73 Å². The molecule has 1 aromatic carbocycles. The van der Waals surface area contributed by atoms with Gasteiger partial charge in [0.1, 0.15) is 0 Å². The minimum atomic E-state index is -3.26. The lowest BCUT2D eigenvalue weighted by Crippen LogP contribution is -2.42. The number of anilines is 2. The van der Waals surface area contributed by atoms with Crippen LogP contribution in [0.15, 0.2) is 23.1 Å². The average molecular weight is 272 g/mol. The summed E-state index contributed by atoms with van der Waals surface area (Å²) in [7, 11) is -3.26. The smallest absolute Gasteiger partial charge is 0.175 e. The molecule has 0 bridgehead atoms. The van der Waals surface area contributed by atoms with Crippen LogP contribution in [0.5, 0.6) is 0 Å². The van der Waals surface area contributed by atoms with Crippen molar-refractivity contribution in [2.45, 2.75) is 37.3 Å². The van der Waals surface area contributed by atoms with E-state index >= 15 is 0 Å². The molecule has 0 aliphatic heterocycles. The van der Waals surface area contributed by atoms with E-state index in [0.717, 1.165) is 6.26 Å². The highest BCUT2D eigenvalue weighted by Crippen LogP contribution is 2.26. The maximum Gasteiger partial charge on any atom is 0.175 e. The summed E-state index contributed by atoms with van der Waals surface area (Å²) in [6, 6.07) is 4.51. The maximum absolute atomic E-state index is 11.4. The number of aliphatic hydroxyl groups excluding tert-OH is 1. The van der Waals surface area contributed by atoms with Crippen LogP contribution in [0, 0.1) is 0 Å². The Hall–Kier alpha value is -1.27. The van der Waals surface area contributed by atoms with E-state index in [-0.39, 0.29) is 4.90 Å². The number of nitrogens with one attached hydrogen (secondary N) is 1. The van der Waals surface area contributed by atoms with E-state index in [0.29, 0.717) is 11.4 Å². The van der Waals surface area contributed by atoms with Crippen LogP contribution in [0.25, 0.3) is 0 Å². The topological polar surface area (TPSA) is 92.4 Å². The summed E-state index contributed by atoms with van der Waals surface area (Å²) in [5, 5.41) is 12.7. The second-order valence-electron chi connectivity index (χ2n) is 5.04. The van der Waals surface area contributed by atoms with Crippen LogP contribution < -0.4 is 11.1 Å². The van der Waals surface area contributed by atoms with Gasteiger partial charge in [-0.05, 0) is 39.0 Å². The third-order valence-corrected chi connectivity index (χ3v) is 4.06. The van der Waals surface area contributed by atoms with E-state index in [9.17, 15) is 13.5 Å². The number of nitrogens with two attached hydrogens (primary N) is 1. The number of sulfone groups is 1. The van der Waals surface area contributed by atoms with E-state index in [1.165, 1.54) is 12.1 Å². The van der Waals surface area contributed by atoms with Crippen molar-refractivity contribution in [2.75, 3.05) is 17.3 Å². The lowest BCUT2D eigenvalue weighted by molar-refractivity contribution is 0.133. The number of nitrogen functional groups attached to an aromatic ring is 1. The fourth-order valence-corrected chi connectivity index (χ4v) is 1.99. The number of aliphatic hydroxyl groups is 1. The van der Waals surface area contributed by atoms with Crippen molar-refractivity contribution in [3.63, 3.8) is 0 Å². The van der Waals surface area contributed by atoms with Gasteiger partial charge >= 0.3 is 0 Å². The molecule has 1 rings (SSSR count). The minimum absolute atomic E-state index is 0.181. The zero-order valence-electron chi connectivity index (χ0n) is 11.1. The van der Waals surface area contributed by atoms with E-state index in [1.807, 2.05) is 13.8 Å². The highest BCUT2D eigenvalue weighted by atomic mass is 32.2. The summed E-state index contributed by atoms with van der Waals surface area (Å²) in [6.45, 7) is 5.34. The Balaban J connectivity index is 3.08. The van der Waals surface area contributed by atoms with Gasteiger partial charge in [-0.15, -0.1) is 0 Å². The van der Waals surface area contributed by atoms with Crippen molar-refractivity contribution >= 4 is 21.2 Å². The molecule has 0 saturated heterocycles. The predicted octanol–water partition coefficient (Wildman–Crippen LogP) is 1.24. The Morgan fingerprint density at radius 1 is 1.39 bits per heavy atom. The molecule has 4 N–H and O–H groups in total. The van der Waals surface area contributed by atoms with Crippen molar-refractivity contribution in [1.82, 2.24) is 0 Å². The first kappa shape index (κ1) is 14.8. The lowest BCUT2D eigenvalue weighted by Gasteiger charge is -2.31. The second-order valence-corrected chi connectivity index (χ2v) is 7.06. The number of benzene rings is 1. The Kier molecular flexibility index (Phi) is 3.92. The summed E-state index contributed by atoms with van der Waals surface area (Å²) in [6.07, 6.45) is 0.556. The first-order valence-electron chi connectivity index (χ1n) is 5.60. The summed E-state index contributed by atoms with van der Waals surface area (Å²) in [5.74, 6) is 0. The van der Waals surface area contributed by atoms with Crippen LogP contribution in [0.2, 0.25) is 0 Å². The van der Waals surface area contributed by atoms with Gasteiger partial charge in [0, 0.05) is 6.26 Å². The monoisotopic (exact) mass is 272 g/mol. The second kappa shape index (κ2) is 4.78. The Morgan fingerprint density at radius 2 is 1.94 bits per heavy atom. The highest BCUT2D eigenvalue weighted by Gasteiger charge is 2.24. The van der Waals surface area contributed by atoms with Crippen molar-refractivity contribution in [3.8, 4) is 0 Å². The van der Waals surface area contributed by atoms with Gasteiger partial charge in [-0.2, -0.15) is 0 Å². The Labute approximate surface area is 108 Å². The molecule has 102 valence electrons. The standard InChI is InChI=1S/C12H20N2O3S/c1-8(15)12(2,3)14-11-6-5-9(7-10(11)13)18(4,16)17/h5-8,14-15H,13H2,1-4H3. The van der Waals surface area contributed by atoms with Gasteiger partial charge in [0.15, 0.2) is 9.84 Å². The first-order chi connectivity index (χ1) is 8.04. The first-order valence-corrected chi connectivity index (χ1v) is 7.49. The van der Waals surface area contributed by atoms with Crippen LogP contribution in [-0.2, 0) is 9.84 Å². The minimum Gasteiger partial charge on any atom is -0.397 e. The molecule has 0 aliphatic carbocycles. The zero-order chi connectivity index (χ0) is 14.1. The summed E-state index contributed by atoms with van der Waals surface area (Å²) in [4.78, 5) is 0.181. The molecule has 6 heteroatoms. The Morgan fingerprint density at radius 3 is 2.33 bits per heavy atom. The van der Waals surface area contributed by atoms with Crippen molar-refractivity contribution in [3.05, 3.63) is 18.2 Å². The normalized spacial score (nSPS) is 14.3. The number of hydrogen-bond donors (Lipinski definition) is 3. The molecule has 0 amide bonds. The van der Waals surface area contributed by atoms with Crippen LogP contribution >= 0.6 is 0 Å². The van der Waals surface area contributed by atoms with Gasteiger partial charge in [0.05, 0.1) is 27.9 Å². The number of rotatable bonds is 4. The SMILES string of the molecule is CC(O)C(C)(C)Nc1ccc(S(C)(=O)=O)cc1N. The number of hydrogen-bond acceptors (Lipinski definition) is 5. The van der Waals surface area contributed by atoms with Crippen molar-refractivity contribution in [1.29, 1.82) is 0 Å². The summed E-state index contributed by atoms with van der Waals surface area (Å²) < 4.78 is 22.7. The molecule has 5 nitrogen and oxygen atoms in total. The molecule has 18 heavy (non-hydrogen) atoms.